The summed E-state index contributed by atoms with van der Waals surface area (Å²) in [4.78, 5) is 18.2. The monoisotopic (exact) mass is 489 g/mol. The molecule has 0 spiro atoms. The molecule has 9 nitrogen and oxygen atoms in total. The number of hydrogen-bond donors (Lipinski definition) is 3. The number of carboxylic acid groups (broad SMARTS) is 1. The fourth-order valence-corrected chi connectivity index (χ4v) is 4.12. The van der Waals surface area contributed by atoms with Crippen molar-refractivity contribution >= 4 is 16.9 Å². The Kier molecular flexibility index (Phi) is 6.24. The van der Waals surface area contributed by atoms with Crippen molar-refractivity contribution in [1.29, 1.82) is 0 Å². The molecular weight excluding hydrogens is 467 g/mol. The lowest BCUT2D eigenvalue weighted by Gasteiger charge is -2.19. The number of pyridine rings is 1. The Hall–Kier alpha value is -3.93. The summed E-state index contributed by atoms with van der Waals surface area (Å²) in [6, 6.07) is 5.32. The largest absolute Gasteiger partial charge is 0.508 e. The van der Waals surface area contributed by atoms with E-state index in [1.807, 2.05) is 33.2 Å². The van der Waals surface area contributed by atoms with Gasteiger partial charge < -0.3 is 24.6 Å². The zero-order valence-electron chi connectivity index (χ0n) is 19.1. The third kappa shape index (κ3) is 4.56. The summed E-state index contributed by atoms with van der Waals surface area (Å²) in [6.07, 6.45) is -2.24. The molecule has 3 N–H and O–H groups in total. The van der Waals surface area contributed by atoms with Crippen molar-refractivity contribution in [3.63, 3.8) is 0 Å². The van der Waals surface area contributed by atoms with Crippen LogP contribution in [0, 0.1) is 13.8 Å². The number of nitrogens with one attached hydrogen (secondary N) is 1. The Bertz CT molecular complexity index is 1430. The summed E-state index contributed by atoms with van der Waals surface area (Å²) in [5.74, 6) is -1.53. The number of nitrogens with zero attached hydrogens (tertiary/aromatic N) is 4. The summed E-state index contributed by atoms with van der Waals surface area (Å²) in [5, 5.41) is 25.6. The summed E-state index contributed by atoms with van der Waals surface area (Å²) in [7, 11) is 1.99. The number of rotatable bonds is 2. The number of aromatic nitrogens is 4. The van der Waals surface area contributed by atoms with E-state index in [-0.39, 0.29) is 5.75 Å². The number of aliphatic carboxylic acids is 1. The average Bonchev–Trinajstić information content (AvgIpc) is 3.36. The molecule has 12 heteroatoms. The van der Waals surface area contributed by atoms with Gasteiger partial charge in [0.15, 0.2) is 0 Å². The first-order chi connectivity index (χ1) is 16.5. The maximum Gasteiger partial charge on any atom is 0.490 e. The lowest BCUT2D eigenvalue weighted by Crippen LogP contribution is -2.24. The topological polar surface area (TPSA) is 126 Å². The van der Waals surface area contributed by atoms with Gasteiger partial charge >= 0.3 is 12.1 Å². The summed E-state index contributed by atoms with van der Waals surface area (Å²) in [5.41, 5.74) is 7.16. The molecule has 0 fully saturated rings. The van der Waals surface area contributed by atoms with Crippen molar-refractivity contribution < 1.29 is 32.7 Å². The molecule has 5 rings (SSSR count). The molecule has 1 aliphatic rings. The lowest BCUT2D eigenvalue weighted by molar-refractivity contribution is -0.192. The molecule has 4 aromatic rings. The molecule has 0 saturated carbocycles. The highest BCUT2D eigenvalue weighted by Crippen LogP contribution is 2.37. The van der Waals surface area contributed by atoms with Gasteiger partial charge in [-0.1, -0.05) is 5.16 Å². The number of phenols is 1. The van der Waals surface area contributed by atoms with E-state index in [0.717, 1.165) is 52.9 Å². The molecule has 1 aromatic carbocycles. The zero-order valence-corrected chi connectivity index (χ0v) is 19.1. The molecule has 0 radical (unpaired) electrons. The third-order valence-electron chi connectivity index (χ3n) is 5.91. The molecule has 0 atom stereocenters. The number of aryl methyl sites for hydroxylation is 2. The third-order valence-corrected chi connectivity index (χ3v) is 5.91. The zero-order chi connectivity index (χ0) is 25.5. The van der Waals surface area contributed by atoms with E-state index in [0.29, 0.717) is 11.7 Å². The standard InChI is InChI=1S/C21H21N5O2.C2HF3O2/c1-11-18(15-6-7-22-9-13(15)10-23-11)20-24-21(28-25-20)19-12(2)26(3)17-5-4-14(27)8-16(17)19;3-2(4,5)1(6)7/h4-5,8,10,22,27H,6-7,9H2,1-3H3;(H,6,7). The van der Waals surface area contributed by atoms with Gasteiger partial charge in [0.2, 0.25) is 5.82 Å². The molecular formula is C23H22F3N5O4. The van der Waals surface area contributed by atoms with Crippen LogP contribution in [0.25, 0.3) is 33.7 Å². The van der Waals surface area contributed by atoms with Gasteiger partial charge in [-0.25, -0.2) is 4.79 Å². The van der Waals surface area contributed by atoms with Crippen LogP contribution in [-0.4, -0.2) is 48.6 Å². The van der Waals surface area contributed by atoms with E-state index in [1.54, 1.807) is 12.1 Å². The number of fused-ring (bicyclic) bond motifs is 2. The van der Waals surface area contributed by atoms with Crippen molar-refractivity contribution in [1.82, 2.24) is 25.0 Å². The number of benzene rings is 1. The summed E-state index contributed by atoms with van der Waals surface area (Å²) in [6.45, 7) is 5.73. The fourth-order valence-electron chi connectivity index (χ4n) is 4.12. The molecule has 1 aliphatic heterocycles. The van der Waals surface area contributed by atoms with Gasteiger partial charge in [-0.05, 0) is 56.1 Å². The van der Waals surface area contributed by atoms with Crippen molar-refractivity contribution in [3.05, 3.63) is 46.9 Å². The second-order valence-corrected chi connectivity index (χ2v) is 8.10. The van der Waals surface area contributed by atoms with Crippen molar-refractivity contribution in [2.75, 3.05) is 6.54 Å². The van der Waals surface area contributed by atoms with Crippen LogP contribution in [0.4, 0.5) is 13.2 Å². The summed E-state index contributed by atoms with van der Waals surface area (Å²) < 4.78 is 39.5. The molecule has 4 heterocycles. The first-order valence-corrected chi connectivity index (χ1v) is 10.6. The SMILES string of the molecule is Cc1ncc2c(c1-c1noc(-c3c(C)n(C)c4ccc(O)cc34)n1)CCNC2.O=C(O)C(F)(F)F. The number of phenolic OH excluding ortho intramolecular Hbond substituents is 1. The number of hydrogen-bond acceptors (Lipinski definition) is 7. The van der Waals surface area contributed by atoms with E-state index in [9.17, 15) is 18.3 Å². The van der Waals surface area contributed by atoms with Gasteiger partial charge in [0.05, 0.1) is 5.56 Å². The molecule has 0 bridgehead atoms. The maximum atomic E-state index is 10.6. The predicted molar refractivity (Wildman–Crippen MR) is 120 cm³/mol. The van der Waals surface area contributed by atoms with E-state index in [4.69, 9.17) is 19.4 Å². The Morgan fingerprint density at radius 1 is 1.23 bits per heavy atom. The first-order valence-electron chi connectivity index (χ1n) is 10.6. The van der Waals surface area contributed by atoms with Crippen molar-refractivity contribution in [2.24, 2.45) is 7.05 Å². The average molecular weight is 489 g/mol. The van der Waals surface area contributed by atoms with Crippen LogP contribution in [0.1, 0.15) is 22.5 Å². The highest BCUT2D eigenvalue weighted by atomic mass is 19.4. The Morgan fingerprint density at radius 3 is 2.63 bits per heavy atom. The highest BCUT2D eigenvalue weighted by Gasteiger charge is 2.38. The Balaban J connectivity index is 0.000000364. The van der Waals surface area contributed by atoms with Crippen LogP contribution in [0.3, 0.4) is 0 Å². The molecule has 0 saturated heterocycles. The van der Waals surface area contributed by atoms with Crippen molar-refractivity contribution in [3.8, 4) is 28.6 Å². The number of aromatic hydroxyl groups is 1. The lowest BCUT2D eigenvalue weighted by atomic mass is 9.95. The van der Waals surface area contributed by atoms with Crippen molar-refractivity contribution in [2.45, 2.75) is 33.0 Å². The quantitative estimate of drug-likeness (QED) is 0.387. The van der Waals surface area contributed by atoms with Gasteiger partial charge in [-0.15, -0.1) is 0 Å². The van der Waals surface area contributed by atoms with Crippen LogP contribution in [0.5, 0.6) is 5.75 Å². The van der Waals surface area contributed by atoms with E-state index >= 15 is 0 Å². The minimum Gasteiger partial charge on any atom is -0.508 e. The Morgan fingerprint density at radius 2 is 1.94 bits per heavy atom. The molecule has 0 amide bonds. The van der Waals surface area contributed by atoms with Gasteiger partial charge in [0.25, 0.3) is 5.89 Å². The van der Waals surface area contributed by atoms with E-state index in [2.05, 4.69) is 20.0 Å². The Labute approximate surface area is 197 Å². The van der Waals surface area contributed by atoms with Gasteiger partial charge in [0, 0.05) is 47.6 Å². The maximum absolute atomic E-state index is 10.6. The second kappa shape index (κ2) is 9.02. The smallest absolute Gasteiger partial charge is 0.490 e. The molecule has 35 heavy (non-hydrogen) atoms. The number of halogens is 3. The number of carbonyl (C=O) groups is 1. The van der Waals surface area contributed by atoms with Crippen LogP contribution in [-0.2, 0) is 24.8 Å². The normalized spacial score (nSPS) is 13.3. The van der Waals surface area contributed by atoms with Gasteiger partial charge in [-0.2, -0.15) is 18.2 Å². The second-order valence-electron chi connectivity index (χ2n) is 8.10. The molecule has 0 unspecified atom stereocenters. The fraction of sp³-hybridized carbons (Fsp3) is 0.304. The highest BCUT2D eigenvalue weighted by molar-refractivity contribution is 5.97. The minimum absolute atomic E-state index is 0.212. The van der Waals surface area contributed by atoms with E-state index in [1.165, 1.54) is 11.1 Å². The van der Waals surface area contributed by atoms with E-state index < -0.39 is 12.1 Å². The first kappa shape index (κ1) is 24.2. The number of carboxylic acids is 1. The molecule has 184 valence electrons. The summed E-state index contributed by atoms with van der Waals surface area (Å²) >= 11 is 0. The van der Waals surface area contributed by atoms with Gasteiger partial charge in [-0.3, -0.25) is 4.98 Å². The number of alkyl halides is 3. The van der Waals surface area contributed by atoms with Crippen LogP contribution >= 0.6 is 0 Å². The molecule has 0 aliphatic carbocycles. The van der Waals surface area contributed by atoms with Gasteiger partial charge in [0.1, 0.15) is 5.75 Å². The van der Waals surface area contributed by atoms with Crippen LogP contribution in [0.15, 0.2) is 28.9 Å². The molecule has 3 aromatic heterocycles. The minimum atomic E-state index is -5.08. The van der Waals surface area contributed by atoms with Crippen LogP contribution < -0.4 is 5.32 Å². The predicted octanol–water partition coefficient (Wildman–Crippen LogP) is 3.89. The van der Waals surface area contributed by atoms with Crippen LogP contribution in [0.2, 0.25) is 0 Å².